The highest BCUT2D eigenvalue weighted by Gasteiger charge is 2.09. The number of hydrogen-bond acceptors (Lipinski definition) is 5. The molecule has 0 saturated heterocycles. The minimum absolute atomic E-state index is 0.724. The number of nitrogens with zero attached hydrogens (tertiary/aromatic N) is 2. The van der Waals surface area contributed by atoms with Crippen molar-refractivity contribution in [3.8, 4) is 17.0 Å². The van der Waals surface area contributed by atoms with Gasteiger partial charge in [0.25, 0.3) is 0 Å². The topological polar surface area (TPSA) is 114 Å². The molecule has 0 aliphatic heterocycles. The molecule has 3 aromatic rings. The number of aromatic nitrogens is 2. The van der Waals surface area contributed by atoms with Gasteiger partial charge in [-0.2, -0.15) is 0 Å². The molecule has 0 aliphatic rings. The number of carboxylic acids is 2. The third-order valence-corrected chi connectivity index (χ3v) is 4.37. The van der Waals surface area contributed by atoms with E-state index in [9.17, 15) is 0 Å². The summed E-state index contributed by atoms with van der Waals surface area (Å²) in [6.07, 6.45) is 1.87. The maximum atomic E-state index is 9.10. The van der Waals surface area contributed by atoms with Gasteiger partial charge in [-0.3, -0.25) is 0 Å². The summed E-state index contributed by atoms with van der Waals surface area (Å²) in [6.45, 7) is 0.724. The van der Waals surface area contributed by atoms with Crippen molar-refractivity contribution in [1.29, 1.82) is 0 Å². The SMILES string of the molecule is COc1cccc(-c2cnc(NCc3cccc(Br)c3)n2C)c1.O=C(O)C(=O)O. The van der Waals surface area contributed by atoms with E-state index in [1.807, 2.05) is 48.1 Å². The first kappa shape index (κ1) is 22.0. The maximum absolute atomic E-state index is 9.10. The molecule has 29 heavy (non-hydrogen) atoms. The summed E-state index contributed by atoms with van der Waals surface area (Å²) in [6, 6.07) is 16.2. The van der Waals surface area contributed by atoms with Gasteiger partial charge in [-0.15, -0.1) is 0 Å². The van der Waals surface area contributed by atoms with Crippen molar-refractivity contribution in [1.82, 2.24) is 9.55 Å². The summed E-state index contributed by atoms with van der Waals surface area (Å²) < 4.78 is 8.42. The van der Waals surface area contributed by atoms with Crippen LogP contribution in [-0.2, 0) is 23.2 Å². The van der Waals surface area contributed by atoms with E-state index in [2.05, 4.69) is 44.4 Å². The van der Waals surface area contributed by atoms with Crippen molar-refractivity contribution < 1.29 is 24.5 Å². The number of carbonyl (C=O) groups is 2. The fourth-order valence-corrected chi connectivity index (χ4v) is 2.90. The second kappa shape index (κ2) is 10.3. The van der Waals surface area contributed by atoms with Crippen LogP contribution in [0.25, 0.3) is 11.3 Å². The molecule has 9 heteroatoms. The Labute approximate surface area is 175 Å². The van der Waals surface area contributed by atoms with E-state index < -0.39 is 11.9 Å². The van der Waals surface area contributed by atoms with E-state index in [0.29, 0.717) is 0 Å². The number of halogens is 1. The Balaban J connectivity index is 0.000000438. The normalized spacial score (nSPS) is 9.90. The van der Waals surface area contributed by atoms with Crippen molar-refractivity contribution in [3.05, 3.63) is 64.8 Å². The maximum Gasteiger partial charge on any atom is 0.414 e. The zero-order chi connectivity index (χ0) is 21.4. The van der Waals surface area contributed by atoms with Gasteiger partial charge in [0.05, 0.1) is 19.0 Å². The highest BCUT2D eigenvalue weighted by molar-refractivity contribution is 9.10. The summed E-state index contributed by atoms with van der Waals surface area (Å²) in [5.41, 5.74) is 3.32. The Kier molecular flexibility index (Phi) is 7.79. The van der Waals surface area contributed by atoms with E-state index in [-0.39, 0.29) is 0 Å². The lowest BCUT2D eigenvalue weighted by molar-refractivity contribution is -0.159. The number of nitrogens with one attached hydrogen (secondary N) is 1. The largest absolute Gasteiger partial charge is 0.497 e. The van der Waals surface area contributed by atoms with Crippen molar-refractivity contribution >= 4 is 33.8 Å². The average Bonchev–Trinajstić information content (AvgIpc) is 3.07. The standard InChI is InChI=1S/C18H18BrN3O.C2H2O4/c1-22-17(14-6-4-8-16(10-14)23-2)12-21-18(22)20-11-13-5-3-7-15(19)9-13;3-1(4)2(5)6/h3-10,12H,11H2,1-2H3,(H,20,21);(H,3,4)(H,5,6). The van der Waals surface area contributed by atoms with Crippen LogP contribution in [0.2, 0.25) is 0 Å². The van der Waals surface area contributed by atoms with E-state index in [4.69, 9.17) is 24.5 Å². The molecule has 2 aromatic carbocycles. The van der Waals surface area contributed by atoms with Crippen molar-refractivity contribution in [2.24, 2.45) is 7.05 Å². The molecule has 0 saturated carbocycles. The van der Waals surface area contributed by atoms with E-state index in [0.717, 1.165) is 34.0 Å². The number of rotatable bonds is 5. The van der Waals surface area contributed by atoms with Crippen LogP contribution in [0.1, 0.15) is 5.56 Å². The number of anilines is 1. The molecule has 8 nitrogen and oxygen atoms in total. The first-order chi connectivity index (χ1) is 13.8. The smallest absolute Gasteiger partial charge is 0.414 e. The van der Waals surface area contributed by atoms with Gasteiger partial charge in [0.1, 0.15) is 5.75 Å². The summed E-state index contributed by atoms with van der Waals surface area (Å²) in [5.74, 6) is -1.97. The third kappa shape index (κ3) is 6.35. The zero-order valence-electron chi connectivity index (χ0n) is 15.8. The van der Waals surface area contributed by atoms with Crippen LogP contribution in [0.5, 0.6) is 5.75 Å². The van der Waals surface area contributed by atoms with Gasteiger partial charge in [0, 0.05) is 23.6 Å². The number of aliphatic carboxylic acids is 2. The van der Waals surface area contributed by atoms with Crippen LogP contribution >= 0.6 is 15.9 Å². The summed E-state index contributed by atoms with van der Waals surface area (Å²) in [5, 5.41) is 18.2. The lowest BCUT2D eigenvalue weighted by atomic mass is 10.1. The molecule has 0 radical (unpaired) electrons. The molecule has 1 heterocycles. The highest BCUT2D eigenvalue weighted by Crippen LogP contribution is 2.25. The van der Waals surface area contributed by atoms with Gasteiger partial charge in [-0.1, -0.05) is 40.2 Å². The van der Waals surface area contributed by atoms with E-state index in [1.54, 1.807) is 7.11 Å². The van der Waals surface area contributed by atoms with Crippen LogP contribution in [0.3, 0.4) is 0 Å². The highest BCUT2D eigenvalue weighted by atomic mass is 79.9. The predicted octanol–water partition coefficient (Wildman–Crippen LogP) is 3.63. The van der Waals surface area contributed by atoms with E-state index in [1.165, 1.54) is 5.56 Å². The first-order valence-corrected chi connectivity index (χ1v) is 9.21. The van der Waals surface area contributed by atoms with E-state index >= 15 is 0 Å². The Bertz CT molecular complexity index is 991. The fourth-order valence-electron chi connectivity index (χ4n) is 2.45. The molecule has 0 bridgehead atoms. The Hall–Kier alpha value is -3.33. The van der Waals surface area contributed by atoms with Crippen molar-refractivity contribution in [2.45, 2.75) is 6.54 Å². The Morgan fingerprint density at radius 3 is 2.45 bits per heavy atom. The molecule has 3 N–H and O–H groups in total. The average molecular weight is 462 g/mol. The van der Waals surface area contributed by atoms with Crippen LogP contribution in [0.4, 0.5) is 5.95 Å². The zero-order valence-corrected chi connectivity index (χ0v) is 17.4. The first-order valence-electron chi connectivity index (χ1n) is 8.42. The summed E-state index contributed by atoms with van der Waals surface area (Å²) in [7, 11) is 3.68. The van der Waals surface area contributed by atoms with Gasteiger partial charge >= 0.3 is 11.9 Å². The second-order valence-corrected chi connectivity index (χ2v) is 6.77. The number of imidazole rings is 1. The van der Waals surface area contributed by atoms with Crippen molar-refractivity contribution in [3.63, 3.8) is 0 Å². The lowest BCUT2D eigenvalue weighted by Crippen LogP contribution is -2.09. The van der Waals surface area contributed by atoms with Crippen LogP contribution in [0.15, 0.2) is 59.2 Å². The number of ether oxygens (including phenoxy) is 1. The molecular weight excluding hydrogens is 442 g/mol. The molecule has 0 fully saturated rings. The van der Waals surface area contributed by atoms with Crippen molar-refractivity contribution in [2.75, 3.05) is 12.4 Å². The Morgan fingerprint density at radius 1 is 1.14 bits per heavy atom. The van der Waals surface area contributed by atoms with Gasteiger partial charge in [-0.05, 0) is 29.8 Å². The molecule has 152 valence electrons. The minimum Gasteiger partial charge on any atom is -0.497 e. The molecule has 0 aliphatic carbocycles. The van der Waals surface area contributed by atoms with Gasteiger partial charge in [0.2, 0.25) is 5.95 Å². The van der Waals surface area contributed by atoms with Crippen LogP contribution < -0.4 is 10.1 Å². The van der Waals surface area contributed by atoms with Gasteiger partial charge in [0.15, 0.2) is 0 Å². The number of carboxylic acid groups (broad SMARTS) is 2. The fraction of sp³-hybridized carbons (Fsp3) is 0.150. The minimum atomic E-state index is -1.82. The third-order valence-electron chi connectivity index (χ3n) is 3.88. The molecule has 0 spiro atoms. The lowest BCUT2D eigenvalue weighted by Gasteiger charge is -2.09. The summed E-state index contributed by atoms with van der Waals surface area (Å²) in [4.78, 5) is 22.7. The predicted molar refractivity (Wildman–Crippen MR) is 112 cm³/mol. The molecular formula is C20H20BrN3O5. The monoisotopic (exact) mass is 461 g/mol. The Morgan fingerprint density at radius 2 is 1.83 bits per heavy atom. The number of benzene rings is 2. The number of methoxy groups -OCH3 is 1. The molecule has 0 amide bonds. The quantitative estimate of drug-likeness (QED) is 0.497. The van der Waals surface area contributed by atoms with Crippen LogP contribution in [-0.4, -0.2) is 38.8 Å². The number of hydrogen-bond donors (Lipinski definition) is 3. The molecule has 0 atom stereocenters. The van der Waals surface area contributed by atoms with Gasteiger partial charge in [-0.25, -0.2) is 14.6 Å². The van der Waals surface area contributed by atoms with Crippen LogP contribution in [0, 0.1) is 0 Å². The second-order valence-electron chi connectivity index (χ2n) is 5.85. The molecule has 3 rings (SSSR count). The summed E-state index contributed by atoms with van der Waals surface area (Å²) >= 11 is 3.49. The molecule has 1 aromatic heterocycles. The van der Waals surface area contributed by atoms with Gasteiger partial charge < -0.3 is 24.8 Å². The molecule has 0 unspecified atom stereocenters.